The third-order valence-electron chi connectivity index (χ3n) is 9.93. The Bertz CT molecular complexity index is 2420. The second-order valence-corrected chi connectivity index (χ2v) is 13.3. The Balaban J connectivity index is 1.02. The van der Waals surface area contributed by atoms with Crippen molar-refractivity contribution < 1.29 is 0 Å². The highest BCUT2D eigenvalue weighted by atomic mass is 15.0. The largest absolute Gasteiger partial charge is 0.208 e. The molecular weight excluding hydrogens is 595 g/mol. The van der Waals surface area contributed by atoms with Crippen LogP contribution in [0.15, 0.2) is 164 Å². The number of fused-ring (bicyclic) bond motifs is 5. The van der Waals surface area contributed by atoms with Crippen molar-refractivity contribution in [2.75, 3.05) is 0 Å². The number of benzene rings is 7. The molecule has 7 aromatic carbocycles. The lowest BCUT2D eigenvalue weighted by molar-refractivity contribution is 0.666. The molecule has 0 atom stereocenters. The van der Waals surface area contributed by atoms with E-state index in [2.05, 4.69) is 117 Å². The minimum absolute atomic E-state index is 0.0480. The molecule has 8 aromatic rings. The predicted molar refractivity (Wildman–Crippen MR) is 202 cm³/mol. The fraction of sp³-hybridized carbons (Fsp3) is 0.0652. The molecule has 0 fully saturated rings. The molecule has 0 N–H and O–H groups in total. The van der Waals surface area contributed by atoms with Crippen LogP contribution in [0.2, 0.25) is 0 Å². The summed E-state index contributed by atoms with van der Waals surface area (Å²) < 4.78 is 0. The summed E-state index contributed by atoms with van der Waals surface area (Å²) >= 11 is 0. The highest BCUT2D eigenvalue weighted by Gasteiger charge is 2.36. The van der Waals surface area contributed by atoms with Gasteiger partial charge in [0, 0.05) is 22.1 Å². The molecule has 0 unspecified atom stereocenters. The summed E-state index contributed by atoms with van der Waals surface area (Å²) in [7, 11) is 0. The van der Waals surface area contributed by atoms with Crippen LogP contribution < -0.4 is 0 Å². The van der Waals surface area contributed by atoms with Crippen LogP contribution in [0.3, 0.4) is 0 Å². The third kappa shape index (κ3) is 5.03. The number of hydrogen-bond acceptors (Lipinski definition) is 3. The van der Waals surface area contributed by atoms with Gasteiger partial charge in [-0.1, -0.05) is 172 Å². The van der Waals surface area contributed by atoms with E-state index in [4.69, 9.17) is 15.0 Å². The van der Waals surface area contributed by atoms with Gasteiger partial charge in [0.1, 0.15) is 0 Å². The fourth-order valence-electron chi connectivity index (χ4n) is 7.40. The molecule has 9 rings (SSSR count). The normalized spacial score (nSPS) is 12.9. The van der Waals surface area contributed by atoms with Crippen molar-refractivity contribution in [3.8, 4) is 67.5 Å². The van der Waals surface area contributed by atoms with Gasteiger partial charge in [0.25, 0.3) is 0 Å². The maximum absolute atomic E-state index is 4.89. The summed E-state index contributed by atoms with van der Waals surface area (Å²) in [5, 5.41) is 2.65. The Hall–Kier alpha value is -6.19. The van der Waals surface area contributed by atoms with Crippen molar-refractivity contribution in [1.82, 2.24) is 15.0 Å². The van der Waals surface area contributed by atoms with Crippen LogP contribution >= 0.6 is 0 Å². The molecule has 1 aliphatic carbocycles. The zero-order chi connectivity index (χ0) is 33.0. The number of aromatic nitrogens is 3. The van der Waals surface area contributed by atoms with E-state index in [-0.39, 0.29) is 5.41 Å². The Morgan fingerprint density at radius 3 is 1.39 bits per heavy atom. The first-order valence-corrected chi connectivity index (χ1v) is 16.8. The van der Waals surface area contributed by atoms with Crippen molar-refractivity contribution in [3.63, 3.8) is 0 Å². The van der Waals surface area contributed by atoms with Crippen LogP contribution in [-0.2, 0) is 5.41 Å². The molecular formula is C46H33N3. The molecule has 0 spiro atoms. The summed E-state index contributed by atoms with van der Waals surface area (Å²) in [5.41, 5.74) is 13.1. The van der Waals surface area contributed by atoms with Gasteiger partial charge >= 0.3 is 0 Å². The second-order valence-electron chi connectivity index (χ2n) is 13.3. The quantitative estimate of drug-likeness (QED) is 0.191. The smallest absolute Gasteiger partial charge is 0.164 e. The topological polar surface area (TPSA) is 38.7 Å². The Kier molecular flexibility index (Phi) is 6.80. The van der Waals surface area contributed by atoms with Gasteiger partial charge in [-0.05, 0) is 61.3 Å². The summed E-state index contributed by atoms with van der Waals surface area (Å²) in [4.78, 5) is 14.6. The van der Waals surface area contributed by atoms with Gasteiger partial charge in [-0.3, -0.25) is 0 Å². The molecule has 0 saturated heterocycles. The monoisotopic (exact) mass is 627 g/mol. The van der Waals surface area contributed by atoms with Crippen LogP contribution in [-0.4, -0.2) is 15.0 Å². The average molecular weight is 628 g/mol. The summed E-state index contributed by atoms with van der Waals surface area (Å²) in [5.74, 6) is 1.98. The van der Waals surface area contributed by atoms with Gasteiger partial charge in [0.05, 0.1) is 0 Å². The Morgan fingerprint density at radius 2 is 0.816 bits per heavy atom. The molecule has 1 aromatic heterocycles. The molecule has 1 heterocycles. The zero-order valence-corrected chi connectivity index (χ0v) is 27.4. The van der Waals surface area contributed by atoms with E-state index in [0.29, 0.717) is 17.5 Å². The molecule has 232 valence electrons. The minimum Gasteiger partial charge on any atom is -0.208 e. The first kappa shape index (κ1) is 29.0. The first-order chi connectivity index (χ1) is 24.0. The lowest BCUT2D eigenvalue weighted by atomic mass is 9.80. The highest BCUT2D eigenvalue weighted by Crippen LogP contribution is 2.52. The van der Waals surface area contributed by atoms with Crippen LogP contribution in [0.4, 0.5) is 0 Å². The van der Waals surface area contributed by atoms with E-state index < -0.39 is 0 Å². The highest BCUT2D eigenvalue weighted by molar-refractivity contribution is 5.98. The van der Waals surface area contributed by atoms with Gasteiger partial charge in [-0.15, -0.1) is 0 Å². The zero-order valence-electron chi connectivity index (χ0n) is 27.4. The SMILES string of the molecule is CC1(C)c2ccc(-c3ccc(-c4ccc(-c5nc(-c6ccccc6)nc(-c6ccccc6)n5)cc4)cc3)cc2-c2ccc3ccccc3c21. The molecule has 3 nitrogen and oxygen atoms in total. The lowest BCUT2D eigenvalue weighted by Gasteiger charge is -2.23. The summed E-state index contributed by atoms with van der Waals surface area (Å²) in [6.45, 7) is 4.71. The van der Waals surface area contributed by atoms with E-state index in [1.807, 2.05) is 60.7 Å². The summed E-state index contributed by atoms with van der Waals surface area (Å²) in [6, 6.07) is 57.9. The van der Waals surface area contributed by atoms with Crippen molar-refractivity contribution >= 4 is 10.8 Å². The molecule has 3 heteroatoms. The number of hydrogen-bond donors (Lipinski definition) is 0. The van der Waals surface area contributed by atoms with E-state index >= 15 is 0 Å². The van der Waals surface area contributed by atoms with Crippen molar-refractivity contribution in [3.05, 3.63) is 175 Å². The molecule has 49 heavy (non-hydrogen) atoms. The van der Waals surface area contributed by atoms with E-state index in [1.165, 1.54) is 49.7 Å². The van der Waals surface area contributed by atoms with Gasteiger partial charge < -0.3 is 0 Å². The van der Waals surface area contributed by atoms with E-state index in [1.54, 1.807) is 0 Å². The van der Waals surface area contributed by atoms with Crippen LogP contribution in [0.5, 0.6) is 0 Å². The van der Waals surface area contributed by atoms with Crippen LogP contribution in [0, 0.1) is 0 Å². The van der Waals surface area contributed by atoms with E-state index in [0.717, 1.165) is 22.3 Å². The molecule has 0 amide bonds. The maximum atomic E-state index is 4.89. The van der Waals surface area contributed by atoms with Gasteiger partial charge in [-0.25, -0.2) is 15.0 Å². The Morgan fingerprint density at radius 1 is 0.367 bits per heavy atom. The molecule has 0 aliphatic heterocycles. The molecule has 0 bridgehead atoms. The number of rotatable bonds is 5. The first-order valence-electron chi connectivity index (χ1n) is 16.8. The van der Waals surface area contributed by atoms with Gasteiger partial charge in [-0.2, -0.15) is 0 Å². The Labute approximate surface area is 286 Å². The second kappa shape index (κ2) is 11.5. The van der Waals surface area contributed by atoms with Crippen molar-refractivity contribution in [2.45, 2.75) is 19.3 Å². The van der Waals surface area contributed by atoms with Crippen LogP contribution in [0.1, 0.15) is 25.0 Å². The van der Waals surface area contributed by atoms with Crippen LogP contribution in [0.25, 0.3) is 78.3 Å². The molecule has 1 aliphatic rings. The van der Waals surface area contributed by atoms with Crippen molar-refractivity contribution in [2.24, 2.45) is 0 Å². The predicted octanol–water partition coefficient (Wildman–Crippen LogP) is 11.7. The molecule has 0 saturated carbocycles. The standard InChI is InChI=1S/C46H33N3/c1-46(2)41-28-26-37(29-40(41)39-27-25-33-11-9-10-16-38(33)42(39)46)32-19-17-30(18-20-32)31-21-23-36(24-22-31)45-48-43(34-12-5-3-6-13-34)47-44(49-45)35-14-7-4-8-15-35/h3-29H,1-2H3. The fourth-order valence-corrected chi connectivity index (χ4v) is 7.40. The minimum atomic E-state index is -0.0480. The van der Waals surface area contributed by atoms with Gasteiger partial charge in [0.2, 0.25) is 0 Å². The molecule has 0 radical (unpaired) electrons. The van der Waals surface area contributed by atoms with Crippen molar-refractivity contribution in [1.29, 1.82) is 0 Å². The van der Waals surface area contributed by atoms with Gasteiger partial charge in [0.15, 0.2) is 17.5 Å². The number of nitrogens with zero attached hydrogens (tertiary/aromatic N) is 3. The third-order valence-corrected chi connectivity index (χ3v) is 9.93. The lowest BCUT2D eigenvalue weighted by Crippen LogP contribution is -2.15. The average Bonchev–Trinajstić information content (AvgIpc) is 3.41. The maximum Gasteiger partial charge on any atom is 0.164 e. The van der Waals surface area contributed by atoms with E-state index in [9.17, 15) is 0 Å². The summed E-state index contributed by atoms with van der Waals surface area (Å²) in [6.07, 6.45) is 0.